The zero-order chi connectivity index (χ0) is 16.9. The summed E-state index contributed by atoms with van der Waals surface area (Å²) in [6.07, 6.45) is 4.34. The summed E-state index contributed by atoms with van der Waals surface area (Å²) in [4.78, 5) is 30.7. The van der Waals surface area contributed by atoms with Crippen LogP contribution in [-0.2, 0) is 0 Å². The Labute approximate surface area is 139 Å². The van der Waals surface area contributed by atoms with Crippen LogP contribution in [0.3, 0.4) is 0 Å². The molecule has 0 spiro atoms. The first-order chi connectivity index (χ1) is 11.6. The van der Waals surface area contributed by atoms with Crippen LogP contribution in [0.4, 0.5) is 0 Å². The van der Waals surface area contributed by atoms with Gasteiger partial charge in [-0.25, -0.2) is 9.78 Å². The molecule has 0 amide bonds. The number of Topliss-reactive ketones (excluding diaryl/α,β-unsaturated/α-hetero) is 1. The number of hydrogen-bond acceptors (Lipinski definition) is 8. The summed E-state index contributed by atoms with van der Waals surface area (Å²) in [5, 5.41) is 20.7. The molecule has 0 saturated carbocycles. The number of carboxylic acids is 1. The van der Waals surface area contributed by atoms with Crippen molar-refractivity contribution in [3.63, 3.8) is 0 Å². The van der Waals surface area contributed by atoms with Crippen LogP contribution < -0.4 is 0 Å². The van der Waals surface area contributed by atoms with Gasteiger partial charge in [-0.1, -0.05) is 11.8 Å². The van der Waals surface area contributed by atoms with E-state index >= 15 is 0 Å². The Morgan fingerprint density at radius 3 is 2.62 bits per heavy atom. The minimum absolute atomic E-state index is 0.103. The van der Waals surface area contributed by atoms with Gasteiger partial charge in [0.2, 0.25) is 5.16 Å². The summed E-state index contributed by atoms with van der Waals surface area (Å²) < 4.78 is 1.43. The molecule has 24 heavy (non-hydrogen) atoms. The first-order valence-corrected chi connectivity index (χ1v) is 7.68. The monoisotopic (exact) mass is 342 g/mol. The van der Waals surface area contributed by atoms with E-state index in [4.69, 9.17) is 5.11 Å². The minimum Gasteiger partial charge on any atom is -0.478 e. The van der Waals surface area contributed by atoms with Crippen molar-refractivity contribution in [2.45, 2.75) is 5.16 Å². The summed E-state index contributed by atoms with van der Waals surface area (Å²) in [6, 6.07) is 6.10. The van der Waals surface area contributed by atoms with Crippen LogP contribution in [0.2, 0.25) is 0 Å². The second-order valence-corrected chi connectivity index (χ2v) is 5.47. The van der Waals surface area contributed by atoms with E-state index in [0.29, 0.717) is 10.8 Å². The van der Waals surface area contributed by atoms with Crippen LogP contribution in [0, 0.1) is 0 Å². The quantitative estimate of drug-likeness (QED) is 0.518. The lowest BCUT2D eigenvalue weighted by atomic mass is 10.2. The predicted molar refractivity (Wildman–Crippen MR) is 83.2 cm³/mol. The maximum atomic E-state index is 12.0. The van der Waals surface area contributed by atoms with Gasteiger partial charge in [-0.2, -0.15) is 4.68 Å². The molecule has 0 bridgehead atoms. The molecule has 0 unspecified atom stereocenters. The fourth-order valence-electron chi connectivity index (χ4n) is 1.82. The number of tetrazole rings is 1. The molecule has 0 fully saturated rings. The van der Waals surface area contributed by atoms with Gasteiger partial charge in [0.1, 0.15) is 5.69 Å². The standard InChI is InChI=1S/C14H10N6O3S/c21-12(11-7-15-5-6-16-11)8-24-14-17-18-19-20(14)10-3-1-9(2-4-10)13(22)23/h1-7H,8H2,(H,22,23). The van der Waals surface area contributed by atoms with E-state index in [2.05, 4.69) is 25.5 Å². The molecule has 0 aliphatic heterocycles. The van der Waals surface area contributed by atoms with Crippen molar-refractivity contribution in [1.29, 1.82) is 0 Å². The highest BCUT2D eigenvalue weighted by Crippen LogP contribution is 2.19. The third kappa shape index (κ3) is 3.43. The molecule has 2 aromatic heterocycles. The number of ketones is 1. The number of aromatic nitrogens is 6. The summed E-state index contributed by atoms with van der Waals surface area (Å²) in [5.41, 5.74) is 1.04. The molecule has 0 aliphatic rings. The van der Waals surface area contributed by atoms with Gasteiger partial charge in [0, 0.05) is 12.4 Å². The molecule has 3 rings (SSSR count). The molecule has 1 aromatic carbocycles. The van der Waals surface area contributed by atoms with Gasteiger partial charge in [0.05, 0.1) is 23.2 Å². The highest BCUT2D eigenvalue weighted by molar-refractivity contribution is 7.99. The molecule has 0 atom stereocenters. The van der Waals surface area contributed by atoms with Gasteiger partial charge >= 0.3 is 5.97 Å². The van der Waals surface area contributed by atoms with Crippen molar-refractivity contribution in [3.8, 4) is 5.69 Å². The van der Waals surface area contributed by atoms with Crippen LogP contribution >= 0.6 is 11.8 Å². The topological polar surface area (TPSA) is 124 Å². The van der Waals surface area contributed by atoms with Gasteiger partial charge in [0.15, 0.2) is 5.78 Å². The minimum atomic E-state index is -1.01. The molecule has 1 N–H and O–H groups in total. The lowest BCUT2D eigenvalue weighted by Gasteiger charge is -2.04. The number of benzene rings is 1. The lowest BCUT2D eigenvalue weighted by molar-refractivity contribution is 0.0696. The molecule has 0 aliphatic carbocycles. The molecule has 3 aromatic rings. The Kier molecular flexibility index (Phi) is 4.57. The van der Waals surface area contributed by atoms with E-state index in [1.165, 1.54) is 35.4 Å². The Bertz CT molecular complexity index is 866. The Hall–Kier alpha value is -3.14. The van der Waals surface area contributed by atoms with Crippen molar-refractivity contribution >= 4 is 23.5 Å². The van der Waals surface area contributed by atoms with Crippen molar-refractivity contribution in [2.75, 3.05) is 5.75 Å². The third-order valence-electron chi connectivity index (χ3n) is 2.98. The number of rotatable bonds is 6. The van der Waals surface area contributed by atoms with Crippen LogP contribution in [0.1, 0.15) is 20.8 Å². The average Bonchev–Trinajstić information content (AvgIpc) is 3.09. The van der Waals surface area contributed by atoms with Crippen LogP contribution in [-0.4, -0.2) is 52.8 Å². The molecule has 0 radical (unpaired) electrons. The van der Waals surface area contributed by atoms with E-state index < -0.39 is 5.97 Å². The maximum Gasteiger partial charge on any atom is 0.335 e. The molecule has 10 heteroatoms. The van der Waals surface area contributed by atoms with Gasteiger partial charge in [0.25, 0.3) is 0 Å². The Balaban J connectivity index is 1.73. The first kappa shape index (κ1) is 15.7. The highest BCUT2D eigenvalue weighted by atomic mass is 32.2. The lowest BCUT2D eigenvalue weighted by Crippen LogP contribution is -2.07. The van der Waals surface area contributed by atoms with E-state index in [1.807, 2.05) is 0 Å². The summed E-state index contributed by atoms with van der Waals surface area (Å²) >= 11 is 1.16. The fourth-order valence-corrected chi connectivity index (χ4v) is 2.59. The first-order valence-electron chi connectivity index (χ1n) is 6.69. The molecule has 2 heterocycles. The van der Waals surface area contributed by atoms with E-state index in [0.717, 1.165) is 11.8 Å². The molecule has 120 valence electrons. The number of hydrogen-bond donors (Lipinski definition) is 1. The summed E-state index contributed by atoms with van der Waals surface area (Å²) in [7, 11) is 0. The number of carboxylic acid groups (broad SMARTS) is 1. The van der Waals surface area contributed by atoms with Crippen LogP contribution in [0.15, 0.2) is 48.0 Å². The Morgan fingerprint density at radius 2 is 1.96 bits per heavy atom. The average molecular weight is 342 g/mol. The number of nitrogens with zero attached hydrogens (tertiary/aromatic N) is 6. The third-order valence-corrected chi connectivity index (χ3v) is 3.90. The van der Waals surface area contributed by atoms with Gasteiger partial charge < -0.3 is 5.11 Å². The number of carbonyl (C=O) groups is 2. The van der Waals surface area contributed by atoms with Crippen molar-refractivity contribution in [2.24, 2.45) is 0 Å². The molecule has 9 nitrogen and oxygen atoms in total. The number of aromatic carboxylic acids is 1. The second kappa shape index (κ2) is 6.96. The van der Waals surface area contributed by atoms with Crippen LogP contribution in [0.25, 0.3) is 5.69 Å². The summed E-state index contributed by atoms with van der Waals surface area (Å²) in [6.45, 7) is 0. The van der Waals surface area contributed by atoms with E-state index in [1.54, 1.807) is 12.1 Å². The zero-order valence-electron chi connectivity index (χ0n) is 12.1. The molecule has 0 saturated heterocycles. The smallest absolute Gasteiger partial charge is 0.335 e. The predicted octanol–water partition coefficient (Wildman–Crippen LogP) is 1.13. The van der Waals surface area contributed by atoms with Gasteiger partial charge in [-0.15, -0.1) is 5.10 Å². The normalized spacial score (nSPS) is 10.5. The highest BCUT2D eigenvalue weighted by Gasteiger charge is 2.14. The van der Waals surface area contributed by atoms with E-state index in [-0.39, 0.29) is 22.8 Å². The molecular weight excluding hydrogens is 332 g/mol. The van der Waals surface area contributed by atoms with E-state index in [9.17, 15) is 9.59 Å². The van der Waals surface area contributed by atoms with Gasteiger partial charge in [-0.05, 0) is 34.7 Å². The SMILES string of the molecule is O=C(O)c1ccc(-n2nnnc2SCC(=O)c2cnccn2)cc1. The molecular formula is C14H10N6O3S. The number of thioether (sulfide) groups is 1. The van der Waals surface area contributed by atoms with Gasteiger partial charge in [-0.3, -0.25) is 9.78 Å². The zero-order valence-corrected chi connectivity index (χ0v) is 12.9. The van der Waals surface area contributed by atoms with Crippen molar-refractivity contribution in [3.05, 3.63) is 54.1 Å². The van der Waals surface area contributed by atoms with Crippen LogP contribution in [0.5, 0.6) is 0 Å². The van der Waals surface area contributed by atoms with Crippen molar-refractivity contribution in [1.82, 2.24) is 30.2 Å². The Morgan fingerprint density at radius 1 is 1.17 bits per heavy atom. The largest absolute Gasteiger partial charge is 0.478 e. The summed E-state index contributed by atoms with van der Waals surface area (Å²) in [5.74, 6) is -1.10. The number of carbonyl (C=O) groups excluding carboxylic acids is 1. The maximum absolute atomic E-state index is 12.0. The second-order valence-electron chi connectivity index (χ2n) is 4.53. The van der Waals surface area contributed by atoms with Crippen molar-refractivity contribution < 1.29 is 14.7 Å². The fraction of sp³-hybridized carbons (Fsp3) is 0.0714.